The monoisotopic (exact) mass is 275 g/mol. The van der Waals surface area contributed by atoms with Crippen LogP contribution in [0.4, 0.5) is 0 Å². The molecule has 1 heterocycles. The van der Waals surface area contributed by atoms with Crippen molar-refractivity contribution < 1.29 is 9.59 Å². The van der Waals surface area contributed by atoms with E-state index in [1.54, 1.807) is 4.90 Å². The highest BCUT2D eigenvalue weighted by Crippen LogP contribution is 2.23. The highest BCUT2D eigenvalue weighted by molar-refractivity contribution is 5.90. The van der Waals surface area contributed by atoms with Gasteiger partial charge in [-0.25, -0.2) is 0 Å². The van der Waals surface area contributed by atoms with Crippen molar-refractivity contribution in [1.29, 1.82) is 0 Å². The van der Waals surface area contributed by atoms with Gasteiger partial charge in [-0.1, -0.05) is 30.3 Å². The molecule has 20 heavy (non-hydrogen) atoms. The number of hydrogen-bond donors (Lipinski definition) is 2. The van der Waals surface area contributed by atoms with E-state index in [4.69, 9.17) is 11.5 Å². The summed E-state index contributed by atoms with van der Waals surface area (Å²) in [5, 5.41) is 0. The molecule has 2 atom stereocenters. The van der Waals surface area contributed by atoms with Crippen molar-refractivity contribution in [3.63, 3.8) is 0 Å². The van der Waals surface area contributed by atoms with Gasteiger partial charge in [0.25, 0.3) is 0 Å². The van der Waals surface area contributed by atoms with Crippen LogP contribution in [-0.2, 0) is 9.59 Å². The number of carbonyl (C=O) groups is 2. The van der Waals surface area contributed by atoms with E-state index in [2.05, 4.69) is 0 Å². The average Bonchev–Trinajstić information content (AvgIpc) is 2.49. The van der Waals surface area contributed by atoms with Crippen molar-refractivity contribution in [3.8, 4) is 0 Å². The highest BCUT2D eigenvalue weighted by atomic mass is 16.2. The van der Waals surface area contributed by atoms with Crippen LogP contribution in [-0.4, -0.2) is 35.8 Å². The van der Waals surface area contributed by atoms with Crippen LogP contribution >= 0.6 is 0 Å². The normalized spacial score (nSPS) is 20.4. The van der Waals surface area contributed by atoms with Gasteiger partial charge in [0.2, 0.25) is 11.8 Å². The SMILES string of the molecule is NCC(C(=O)N1CCCCC1C(N)=O)c1ccccc1. The Balaban J connectivity index is 2.21. The maximum absolute atomic E-state index is 12.7. The van der Waals surface area contributed by atoms with Gasteiger partial charge in [-0.3, -0.25) is 9.59 Å². The van der Waals surface area contributed by atoms with Gasteiger partial charge in [0, 0.05) is 13.1 Å². The molecule has 0 aliphatic carbocycles. The summed E-state index contributed by atoms with van der Waals surface area (Å²) >= 11 is 0. The van der Waals surface area contributed by atoms with Crippen molar-refractivity contribution in [2.75, 3.05) is 13.1 Å². The minimum absolute atomic E-state index is 0.0952. The summed E-state index contributed by atoms with van der Waals surface area (Å²) in [5.41, 5.74) is 12.1. The highest BCUT2D eigenvalue weighted by Gasteiger charge is 2.34. The number of benzene rings is 1. The lowest BCUT2D eigenvalue weighted by atomic mass is 9.94. The number of amides is 2. The van der Waals surface area contributed by atoms with E-state index in [0.29, 0.717) is 13.0 Å². The molecule has 2 amide bonds. The zero-order chi connectivity index (χ0) is 14.5. The molecule has 1 aliphatic rings. The van der Waals surface area contributed by atoms with Gasteiger partial charge in [0.15, 0.2) is 0 Å². The fourth-order valence-electron chi connectivity index (χ4n) is 2.76. The van der Waals surface area contributed by atoms with E-state index < -0.39 is 17.9 Å². The van der Waals surface area contributed by atoms with E-state index >= 15 is 0 Å². The van der Waals surface area contributed by atoms with Gasteiger partial charge in [-0.15, -0.1) is 0 Å². The minimum atomic E-state index is -0.492. The number of likely N-dealkylation sites (tertiary alicyclic amines) is 1. The molecule has 0 saturated carbocycles. The average molecular weight is 275 g/mol. The van der Waals surface area contributed by atoms with E-state index in [1.165, 1.54) is 0 Å². The third-order valence-corrected chi connectivity index (χ3v) is 3.85. The van der Waals surface area contributed by atoms with E-state index in [1.807, 2.05) is 30.3 Å². The summed E-state index contributed by atoms with van der Waals surface area (Å²) in [6.07, 6.45) is 2.48. The zero-order valence-electron chi connectivity index (χ0n) is 11.5. The first kappa shape index (κ1) is 14.5. The second-order valence-corrected chi connectivity index (χ2v) is 5.14. The molecule has 0 spiro atoms. The summed E-state index contributed by atoms with van der Waals surface area (Å²) in [6, 6.07) is 8.94. The van der Waals surface area contributed by atoms with Crippen LogP contribution in [0.3, 0.4) is 0 Å². The molecule has 1 aliphatic heterocycles. The van der Waals surface area contributed by atoms with Crippen LogP contribution in [0.15, 0.2) is 30.3 Å². The molecule has 2 rings (SSSR count). The Morgan fingerprint density at radius 1 is 1.25 bits per heavy atom. The number of nitrogens with zero attached hydrogens (tertiary/aromatic N) is 1. The van der Waals surface area contributed by atoms with Crippen LogP contribution in [0, 0.1) is 0 Å². The van der Waals surface area contributed by atoms with E-state index in [-0.39, 0.29) is 12.5 Å². The molecule has 2 unspecified atom stereocenters. The van der Waals surface area contributed by atoms with Crippen molar-refractivity contribution in [2.24, 2.45) is 11.5 Å². The molecule has 4 N–H and O–H groups in total. The Bertz CT molecular complexity index is 475. The molecular weight excluding hydrogens is 254 g/mol. The quantitative estimate of drug-likeness (QED) is 0.843. The molecule has 0 aromatic heterocycles. The molecular formula is C15H21N3O2. The zero-order valence-corrected chi connectivity index (χ0v) is 11.5. The lowest BCUT2D eigenvalue weighted by Gasteiger charge is -2.36. The lowest BCUT2D eigenvalue weighted by molar-refractivity contribution is -0.142. The van der Waals surface area contributed by atoms with Crippen molar-refractivity contribution in [1.82, 2.24) is 4.90 Å². The van der Waals surface area contributed by atoms with E-state index in [0.717, 1.165) is 18.4 Å². The van der Waals surface area contributed by atoms with Crippen molar-refractivity contribution in [2.45, 2.75) is 31.2 Å². The Morgan fingerprint density at radius 3 is 2.55 bits per heavy atom. The predicted octanol–water partition coefficient (Wildman–Crippen LogP) is 0.595. The third kappa shape index (κ3) is 2.99. The Hall–Kier alpha value is -1.88. The lowest BCUT2D eigenvalue weighted by Crippen LogP contribution is -2.52. The van der Waals surface area contributed by atoms with Gasteiger partial charge >= 0.3 is 0 Å². The number of piperidine rings is 1. The topological polar surface area (TPSA) is 89.4 Å². The molecule has 1 aromatic carbocycles. The third-order valence-electron chi connectivity index (χ3n) is 3.85. The molecule has 0 radical (unpaired) electrons. The summed E-state index contributed by atoms with van der Waals surface area (Å²) in [4.78, 5) is 25.8. The molecule has 5 nitrogen and oxygen atoms in total. The first-order chi connectivity index (χ1) is 9.65. The fourth-order valence-corrected chi connectivity index (χ4v) is 2.76. The number of carbonyl (C=O) groups excluding carboxylic acids is 2. The summed E-state index contributed by atoms with van der Waals surface area (Å²) in [5.74, 6) is -0.930. The number of rotatable bonds is 4. The summed E-state index contributed by atoms with van der Waals surface area (Å²) in [7, 11) is 0. The largest absolute Gasteiger partial charge is 0.368 e. The Kier molecular flexibility index (Phi) is 4.74. The standard InChI is InChI=1S/C15H21N3O2/c16-10-12(11-6-2-1-3-7-11)15(20)18-9-5-4-8-13(18)14(17)19/h1-3,6-7,12-13H,4-5,8-10,16H2,(H2,17,19). The first-order valence-electron chi connectivity index (χ1n) is 7.00. The Labute approximate surface area is 118 Å². The Morgan fingerprint density at radius 2 is 1.95 bits per heavy atom. The maximum Gasteiger partial charge on any atom is 0.240 e. The summed E-state index contributed by atoms with van der Waals surface area (Å²) in [6.45, 7) is 0.806. The van der Waals surface area contributed by atoms with Gasteiger partial charge in [0.05, 0.1) is 5.92 Å². The molecule has 1 fully saturated rings. The number of nitrogens with two attached hydrogens (primary N) is 2. The molecule has 0 bridgehead atoms. The second kappa shape index (κ2) is 6.52. The van der Waals surface area contributed by atoms with E-state index in [9.17, 15) is 9.59 Å². The van der Waals surface area contributed by atoms with Gasteiger partial charge in [-0.2, -0.15) is 0 Å². The fraction of sp³-hybridized carbons (Fsp3) is 0.467. The smallest absolute Gasteiger partial charge is 0.240 e. The van der Waals surface area contributed by atoms with Crippen LogP contribution < -0.4 is 11.5 Å². The molecule has 5 heteroatoms. The van der Waals surface area contributed by atoms with Crippen LogP contribution in [0.5, 0.6) is 0 Å². The predicted molar refractivity (Wildman–Crippen MR) is 76.8 cm³/mol. The van der Waals surface area contributed by atoms with Crippen LogP contribution in [0.1, 0.15) is 30.7 Å². The second-order valence-electron chi connectivity index (χ2n) is 5.14. The summed E-state index contributed by atoms with van der Waals surface area (Å²) < 4.78 is 0. The van der Waals surface area contributed by atoms with Crippen LogP contribution in [0.25, 0.3) is 0 Å². The molecule has 1 aromatic rings. The van der Waals surface area contributed by atoms with Crippen LogP contribution in [0.2, 0.25) is 0 Å². The number of hydrogen-bond acceptors (Lipinski definition) is 3. The van der Waals surface area contributed by atoms with Gasteiger partial charge in [0.1, 0.15) is 6.04 Å². The maximum atomic E-state index is 12.7. The number of primary amides is 1. The minimum Gasteiger partial charge on any atom is -0.368 e. The molecule has 108 valence electrons. The first-order valence-corrected chi connectivity index (χ1v) is 7.00. The van der Waals surface area contributed by atoms with Gasteiger partial charge < -0.3 is 16.4 Å². The van der Waals surface area contributed by atoms with Gasteiger partial charge in [-0.05, 0) is 24.8 Å². The van der Waals surface area contributed by atoms with Crippen molar-refractivity contribution >= 4 is 11.8 Å². The van der Waals surface area contributed by atoms with Crippen molar-refractivity contribution in [3.05, 3.63) is 35.9 Å². The molecule has 1 saturated heterocycles.